The van der Waals surface area contributed by atoms with E-state index in [-0.39, 0.29) is 35.6 Å². The summed E-state index contributed by atoms with van der Waals surface area (Å²) in [6, 6.07) is 12.5. The fraction of sp³-hybridized carbons (Fsp3) is 0.200. The molecule has 2 unspecified atom stereocenters. The van der Waals surface area contributed by atoms with Crippen molar-refractivity contribution in [1.29, 1.82) is 0 Å². The van der Waals surface area contributed by atoms with Gasteiger partial charge in [0.15, 0.2) is 0 Å². The minimum Gasteiger partial charge on any atom is -0.508 e. The van der Waals surface area contributed by atoms with Gasteiger partial charge in [-0.15, -0.1) is 0 Å². The number of aliphatic carboxylic acids is 2. The lowest BCUT2D eigenvalue weighted by molar-refractivity contribution is -0.140. The molecule has 4 aromatic rings. The number of phenolic OH excluding ortho intramolecular Hbond substituents is 2. The highest BCUT2D eigenvalue weighted by Gasteiger charge is 2.33. The molecule has 6 N–H and O–H groups in total. The van der Waals surface area contributed by atoms with E-state index in [4.69, 9.17) is 0 Å². The van der Waals surface area contributed by atoms with Gasteiger partial charge >= 0.3 is 11.9 Å². The van der Waals surface area contributed by atoms with Gasteiger partial charge in [-0.1, -0.05) is 12.1 Å². The molecule has 0 radical (unpaired) electrons. The number of phenols is 2. The molecule has 0 fully saturated rings. The molecule has 0 spiro atoms. The Morgan fingerprint density at radius 2 is 1.00 bits per heavy atom. The number of carboxylic acid groups (broad SMARTS) is 2. The Bertz CT molecular complexity index is 1850. The first kappa shape index (κ1) is 35.9. The third kappa shape index (κ3) is 8.88. The van der Waals surface area contributed by atoms with Crippen LogP contribution in [-0.2, 0) is 29.8 Å². The highest BCUT2D eigenvalue weighted by molar-refractivity contribution is 7.86. The Morgan fingerprint density at radius 1 is 0.625 bits per heavy atom. The van der Waals surface area contributed by atoms with Crippen molar-refractivity contribution in [1.82, 2.24) is 19.8 Å². The zero-order valence-electron chi connectivity index (χ0n) is 24.8. The van der Waals surface area contributed by atoms with Gasteiger partial charge in [0.05, 0.1) is 46.4 Å². The molecule has 0 aliphatic carbocycles. The summed E-state index contributed by atoms with van der Waals surface area (Å²) in [5.74, 6) is -3.64. The molecule has 0 aliphatic heterocycles. The van der Waals surface area contributed by atoms with Crippen LogP contribution in [0.5, 0.6) is 11.5 Å². The predicted octanol–water partition coefficient (Wildman–Crippen LogP) is 2.03. The number of aromatic nitrogens is 2. The Morgan fingerprint density at radius 3 is 1.29 bits per heavy atom. The number of carboxylic acids is 2. The molecule has 0 saturated carbocycles. The molecule has 0 bridgehead atoms. The third-order valence-electron chi connectivity index (χ3n) is 7.20. The minimum absolute atomic E-state index is 0.144. The van der Waals surface area contributed by atoms with Gasteiger partial charge in [-0.05, 0) is 60.7 Å². The molecule has 4 rings (SSSR count). The zero-order valence-corrected chi connectivity index (χ0v) is 26.4. The van der Waals surface area contributed by atoms with E-state index in [1.807, 2.05) is 0 Å². The van der Waals surface area contributed by atoms with Crippen LogP contribution in [-0.4, -0.2) is 104 Å². The number of hydrogen-bond donors (Lipinski definition) is 6. The number of aromatic hydroxyl groups is 2. The van der Waals surface area contributed by atoms with Crippen molar-refractivity contribution in [2.24, 2.45) is 0 Å². The number of pyridine rings is 2. The first-order chi connectivity index (χ1) is 22.6. The van der Waals surface area contributed by atoms with E-state index in [9.17, 15) is 56.0 Å². The van der Waals surface area contributed by atoms with E-state index < -0.39 is 78.6 Å². The molecule has 48 heavy (non-hydrogen) atoms. The summed E-state index contributed by atoms with van der Waals surface area (Å²) in [6.45, 7) is -2.10. The minimum atomic E-state index is -4.77. The lowest BCUT2D eigenvalue weighted by Gasteiger charge is -2.35. The standard InChI is InChI=1S/C30H30N4O12S2/c35-25-9-7-19(47(41,42)43)15-21(25)29(23-5-1-3-11-31-23)33(17-27(37)38)13-14-34(18-28(39)40)30(24-6-2-4-12-32-24)22-16-20(48(44,45)46)8-10-26(22)36/h1-12,15-16,29-30,35-36H,13-14,17-18H2,(H,37,38)(H,39,40)(H,41,42,43)(H,44,45,46). The topological polar surface area (TPSA) is 256 Å². The van der Waals surface area contributed by atoms with Gasteiger partial charge in [0, 0.05) is 36.6 Å². The van der Waals surface area contributed by atoms with Crippen LogP contribution in [0.2, 0.25) is 0 Å². The van der Waals surface area contributed by atoms with Gasteiger partial charge in [0.25, 0.3) is 20.2 Å². The van der Waals surface area contributed by atoms with Crippen LogP contribution in [0.25, 0.3) is 0 Å². The van der Waals surface area contributed by atoms with E-state index >= 15 is 0 Å². The highest BCUT2D eigenvalue weighted by atomic mass is 32.2. The van der Waals surface area contributed by atoms with Crippen LogP contribution in [0.4, 0.5) is 0 Å². The smallest absolute Gasteiger partial charge is 0.317 e. The Balaban J connectivity index is 1.87. The van der Waals surface area contributed by atoms with Crippen LogP contribution in [0.15, 0.2) is 95.0 Å². The molecular formula is C30H30N4O12S2. The summed E-state index contributed by atoms with van der Waals surface area (Å²) in [6.07, 6.45) is 2.76. The summed E-state index contributed by atoms with van der Waals surface area (Å²) in [5, 5.41) is 41.5. The van der Waals surface area contributed by atoms with Crippen molar-refractivity contribution >= 4 is 32.2 Å². The van der Waals surface area contributed by atoms with Crippen LogP contribution in [0.1, 0.15) is 34.6 Å². The fourth-order valence-electron chi connectivity index (χ4n) is 5.19. The monoisotopic (exact) mass is 702 g/mol. The zero-order chi connectivity index (χ0) is 35.2. The fourth-order valence-corrected chi connectivity index (χ4v) is 6.22. The first-order valence-electron chi connectivity index (χ1n) is 13.9. The van der Waals surface area contributed by atoms with E-state index in [2.05, 4.69) is 9.97 Å². The molecule has 0 saturated heterocycles. The van der Waals surface area contributed by atoms with Crippen molar-refractivity contribution in [3.8, 4) is 11.5 Å². The number of benzene rings is 2. The molecular weight excluding hydrogens is 672 g/mol. The maximum absolute atomic E-state index is 12.2. The maximum Gasteiger partial charge on any atom is 0.317 e. The lowest BCUT2D eigenvalue weighted by Crippen LogP contribution is -2.43. The lowest BCUT2D eigenvalue weighted by atomic mass is 9.98. The number of rotatable bonds is 15. The summed E-state index contributed by atoms with van der Waals surface area (Å²) < 4.78 is 67.3. The second-order valence-electron chi connectivity index (χ2n) is 10.4. The average molecular weight is 703 g/mol. The molecule has 0 amide bonds. The molecule has 16 nitrogen and oxygen atoms in total. The molecule has 0 aliphatic rings. The van der Waals surface area contributed by atoms with E-state index in [1.165, 1.54) is 34.3 Å². The van der Waals surface area contributed by atoms with Crippen LogP contribution < -0.4 is 0 Å². The van der Waals surface area contributed by atoms with Gasteiger partial charge < -0.3 is 20.4 Å². The summed E-state index contributed by atoms with van der Waals surface area (Å²) >= 11 is 0. The molecule has 2 atom stereocenters. The average Bonchev–Trinajstić information content (AvgIpc) is 3.01. The summed E-state index contributed by atoms with van der Waals surface area (Å²) in [4.78, 5) is 34.3. The van der Waals surface area contributed by atoms with Crippen LogP contribution in [0, 0.1) is 0 Å². The van der Waals surface area contributed by atoms with Gasteiger partial charge in [-0.2, -0.15) is 16.8 Å². The number of nitrogens with zero attached hydrogens (tertiary/aromatic N) is 4. The Hall–Kier alpha value is -4.98. The normalized spacial score (nSPS) is 13.3. The maximum atomic E-state index is 12.2. The van der Waals surface area contributed by atoms with Crippen molar-refractivity contribution < 1.29 is 56.0 Å². The molecule has 2 aromatic carbocycles. The van der Waals surface area contributed by atoms with Gasteiger partial charge in [-0.25, -0.2) is 0 Å². The van der Waals surface area contributed by atoms with Crippen molar-refractivity contribution in [2.75, 3.05) is 26.2 Å². The third-order valence-corrected chi connectivity index (χ3v) is 8.90. The van der Waals surface area contributed by atoms with Gasteiger partial charge in [0.2, 0.25) is 0 Å². The second kappa shape index (κ2) is 14.8. The second-order valence-corrected chi connectivity index (χ2v) is 13.3. The molecule has 2 heterocycles. The largest absolute Gasteiger partial charge is 0.508 e. The summed E-state index contributed by atoms with van der Waals surface area (Å²) in [7, 11) is -9.54. The number of hydrogen-bond acceptors (Lipinski definition) is 12. The van der Waals surface area contributed by atoms with Crippen LogP contribution >= 0.6 is 0 Å². The summed E-state index contributed by atoms with van der Waals surface area (Å²) in [5.41, 5.74) is 0.0291. The predicted molar refractivity (Wildman–Crippen MR) is 166 cm³/mol. The molecule has 18 heteroatoms. The van der Waals surface area contributed by atoms with Crippen LogP contribution in [0.3, 0.4) is 0 Å². The SMILES string of the molecule is O=C(O)CN(CCN(CC(=O)O)C(c1ccccn1)c1cc(S(=O)(=O)O)ccc1O)C(c1ccccn1)c1cc(S(=O)(=O)O)ccc1O. The van der Waals surface area contributed by atoms with Gasteiger partial charge in [-0.3, -0.25) is 38.5 Å². The first-order valence-corrected chi connectivity index (χ1v) is 16.8. The Kier molecular flexibility index (Phi) is 11.1. The van der Waals surface area contributed by atoms with Crippen molar-refractivity contribution in [2.45, 2.75) is 21.9 Å². The Labute approximate surface area is 274 Å². The van der Waals surface area contributed by atoms with E-state index in [1.54, 1.807) is 24.3 Å². The van der Waals surface area contributed by atoms with Crippen molar-refractivity contribution in [3.63, 3.8) is 0 Å². The molecule has 2 aromatic heterocycles. The van der Waals surface area contributed by atoms with Crippen molar-refractivity contribution in [3.05, 3.63) is 108 Å². The van der Waals surface area contributed by atoms with E-state index in [0.29, 0.717) is 0 Å². The van der Waals surface area contributed by atoms with E-state index in [0.717, 1.165) is 36.4 Å². The van der Waals surface area contributed by atoms with Gasteiger partial charge in [0.1, 0.15) is 11.5 Å². The quantitative estimate of drug-likeness (QED) is 0.0969. The highest BCUT2D eigenvalue weighted by Crippen LogP contribution is 2.37. The molecule has 254 valence electrons. The number of carbonyl (C=O) groups is 2.